The zero-order valence-electron chi connectivity index (χ0n) is 13.3. The van der Waals surface area contributed by atoms with Crippen molar-refractivity contribution in [2.75, 3.05) is 0 Å². The SMILES string of the molecule is CC1C(C)(C)P(=O)(Oc2cccc3cccnc23)C1(C)C. The van der Waals surface area contributed by atoms with Crippen LogP contribution in [0.2, 0.25) is 0 Å². The van der Waals surface area contributed by atoms with E-state index in [-0.39, 0.29) is 10.3 Å². The lowest BCUT2D eigenvalue weighted by Crippen LogP contribution is -2.58. The van der Waals surface area contributed by atoms with Crippen molar-refractivity contribution in [2.24, 2.45) is 5.92 Å². The van der Waals surface area contributed by atoms with E-state index in [0.717, 1.165) is 10.9 Å². The molecule has 0 N–H and O–H groups in total. The van der Waals surface area contributed by atoms with Crippen molar-refractivity contribution in [2.45, 2.75) is 44.9 Å². The largest absolute Gasteiger partial charge is 0.440 e. The van der Waals surface area contributed by atoms with Crippen LogP contribution >= 0.6 is 7.37 Å². The highest BCUT2D eigenvalue weighted by Crippen LogP contribution is 2.81. The third-order valence-corrected chi connectivity index (χ3v) is 9.72. The molecule has 3 nitrogen and oxygen atoms in total. The maximum Gasteiger partial charge on any atom is 0.259 e. The van der Waals surface area contributed by atoms with E-state index in [4.69, 9.17) is 4.52 Å². The molecule has 3 rings (SSSR count). The number of para-hydroxylation sites is 1. The molecule has 4 heteroatoms. The molecule has 21 heavy (non-hydrogen) atoms. The Hall–Kier alpha value is -1.34. The first-order chi connectivity index (χ1) is 9.72. The van der Waals surface area contributed by atoms with Crippen LogP contribution in [0.25, 0.3) is 10.9 Å². The van der Waals surface area contributed by atoms with Crippen LogP contribution in [-0.2, 0) is 4.57 Å². The van der Waals surface area contributed by atoms with Crippen LogP contribution in [0.4, 0.5) is 0 Å². The Bertz CT molecular complexity index is 726. The van der Waals surface area contributed by atoms with Crippen molar-refractivity contribution < 1.29 is 9.09 Å². The predicted octanol–water partition coefficient (Wildman–Crippen LogP) is 5.10. The minimum Gasteiger partial charge on any atom is -0.440 e. The van der Waals surface area contributed by atoms with Gasteiger partial charge in [-0.2, -0.15) is 0 Å². The van der Waals surface area contributed by atoms with Crippen molar-refractivity contribution in [1.29, 1.82) is 0 Å². The fraction of sp³-hybridized carbons (Fsp3) is 0.471. The van der Waals surface area contributed by atoms with Crippen LogP contribution in [-0.4, -0.2) is 15.3 Å². The van der Waals surface area contributed by atoms with Gasteiger partial charge in [-0.25, -0.2) is 0 Å². The molecule has 1 saturated heterocycles. The van der Waals surface area contributed by atoms with Gasteiger partial charge in [0, 0.05) is 11.6 Å². The molecular weight excluding hydrogens is 281 g/mol. The molecule has 0 spiro atoms. The number of fused-ring (bicyclic) bond motifs is 1. The highest BCUT2D eigenvalue weighted by atomic mass is 31.2. The van der Waals surface area contributed by atoms with Crippen molar-refractivity contribution >= 4 is 18.3 Å². The van der Waals surface area contributed by atoms with Gasteiger partial charge in [0.15, 0.2) is 5.75 Å². The van der Waals surface area contributed by atoms with Crippen LogP contribution in [0.3, 0.4) is 0 Å². The number of pyridine rings is 1. The molecule has 0 amide bonds. The van der Waals surface area contributed by atoms with E-state index in [1.807, 2.05) is 58.0 Å². The number of hydrogen-bond donors (Lipinski definition) is 0. The molecule has 0 radical (unpaired) electrons. The quantitative estimate of drug-likeness (QED) is 0.725. The van der Waals surface area contributed by atoms with Gasteiger partial charge in [-0.1, -0.05) is 25.1 Å². The van der Waals surface area contributed by atoms with Gasteiger partial charge in [0.05, 0.1) is 10.3 Å². The molecule has 1 aromatic carbocycles. The van der Waals surface area contributed by atoms with Gasteiger partial charge in [0.25, 0.3) is 7.37 Å². The summed E-state index contributed by atoms with van der Waals surface area (Å²) in [7, 11) is -2.82. The topological polar surface area (TPSA) is 39.2 Å². The Kier molecular flexibility index (Phi) is 3.01. The summed E-state index contributed by atoms with van der Waals surface area (Å²) in [4.78, 5) is 4.39. The van der Waals surface area contributed by atoms with Gasteiger partial charge in [-0.3, -0.25) is 9.55 Å². The van der Waals surface area contributed by atoms with Crippen LogP contribution in [0.1, 0.15) is 34.6 Å². The molecular formula is C17H22NO2P. The Morgan fingerprint density at radius 3 is 2.38 bits per heavy atom. The molecule has 2 heterocycles. The minimum atomic E-state index is -2.82. The van der Waals surface area contributed by atoms with Gasteiger partial charge in [-0.15, -0.1) is 0 Å². The first kappa shape index (κ1) is 14.6. The molecule has 0 atom stereocenters. The van der Waals surface area contributed by atoms with E-state index in [1.54, 1.807) is 6.20 Å². The normalized spacial score (nSPS) is 29.9. The van der Waals surface area contributed by atoms with Crippen molar-refractivity contribution in [3.05, 3.63) is 36.5 Å². The van der Waals surface area contributed by atoms with E-state index in [0.29, 0.717) is 11.7 Å². The first-order valence-corrected chi connectivity index (χ1v) is 8.98. The lowest BCUT2D eigenvalue weighted by Gasteiger charge is -2.60. The summed E-state index contributed by atoms with van der Waals surface area (Å²) in [5.41, 5.74) is 0.779. The monoisotopic (exact) mass is 303 g/mol. The molecule has 0 bridgehead atoms. The Morgan fingerprint density at radius 1 is 1.10 bits per heavy atom. The Morgan fingerprint density at radius 2 is 1.71 bits per heavy atom. The summed E-state index contributed by atoms with van der Waals surface area (Å²) in [5.74, 6) is 0.975. The average molecular weight is 303 g/mol. The van der Waals surface area contributed by atoms with E-state index in [2.05, 4.69) is 11.9 Å². The molecule has 2 aromatic rings. The summed E-state index contributed by atoms with van der Waals surface area (Å²) in [6.45, 7) is 10.3. The van der Waals surface area contributed by atoms with Crippen LogP contribution in [0.5, 0.6) is 5.75 Å². The standard InChI is InChI=1S/C17H22NO2P/c1-12-16(2,3)21(19,17(12,4)5)20-14-10-6-8-13-9-7-11-18-15(13)14/h6-12H,1-5H3. The number of benzene rings is 1. The van der Waals surface area contributed by atoms with Crippen LogP contribution in [0.15, 0.2) is 36.5 Å². The zero-order chi connectivity index (χ0) is 15.5. The fourth-order valence-electron chi connectivity index (χ4n) is 3.57. The van der Waals surface area contributed by atoms with Gasteiger partial charge in [0.2, 0.25) is 0 Å². The van der Waals surface area contributed by atoms with E-state index < -0.39 is 7.37 Å². The molecule has 0 saturated carbocycles. The summed E-state index contributed by atoms with van der Waals surface area (Å²) < 4.78 is 19.7. The molecule has 1 fully saturated rings. The smallest absolute Gasteiger partial charge is 0.259 e. The molecule has 1 aliphatic heterocycles. The number of nitrogens with zero attached hydrogens (tertiary/aromatic N) is 1. The minimum absolute atomic E-state index is 0.312. The maximum absolute atomic E-state index is 13.5. The number of aromatic nitrogens is 1. The van der Waals surface area contributed by atoms with Crippen molar-refractivity contribution in [3.8, 4) is 5.75 Å². The molecule has 0 unspecified atom stereocenters. The first-order valence-electron chi connectivity index (χ1n) is 7.35. The van der Waals surface area contributed by atoms with Crippen molar-refractivity contribution in [3.63, 3.8) is 0 Å². The lowest BCUT2D eigenvalue weighted by molar-refractivity contribution is 0.228. The summed E-state index contributed by atoms with van der Waals surface area (Å²) >= 11 is 0. The second kappa shape index (κ2) is 4.33. The zero-order valence-corrected chi connectivity index (χ0v) is 14.1. The lowest BCUT2D eigenvalue weighted by atomic mass is 9.83. The number of rotatable bonds is 2. The van der Waals surface area contributed by atoms with Crippen LogP contribution in [0, 0.1) is 5.92 Å². The van der Waals surface area contributed by atoms with E-state index in [1.165, 1.54) is 0 Å². The molecule has 0 aliphatic carbocycles. The Labute approximate surface area is 126 Å². The second-order valence-electron chi connectivity index (χ2n) is 7.00. The summed E-state index contributed by atoms with van der Waals surface area (Å²) in [5, 5.41) is 0.381. The maximum atomic E-state index is 13.5. The van der Waals surface area contributed by atoms with Gasteiger partial charge in [-0.05, 0) is 45.7 Å². The fourth-order valence-corrected chi connectivity index (χ4v) is 7.42. The molecule has 1 aromatic heterocycles. The predicted molar refractivity (Wildman–Crippen MR) is 87.3 cm³/mol. The molecule has 112 valence electrons. The van der Waals surface area contributed by atoms with E-state index in [9.17, 15) is 4.57 Å². The van der Waals surface area contributed by atoms with E-state index >= 15 is 0 Å². The van der Waals surface area contributed by atoms with Crippen LogP contribution < -0.4 is 4.52 Å². The highest BCUT2D eigenvalue weighted by molar-refractivity contribution is 7.64. The number of hydrogen-bond acceptors (Lipinski definition) is 3. The van der Waals surface area contributed by atoms with Crippen molar-refractivity contribution in [1.82, 2.24) is 4.98 Å². The highest BCUT2D eigenvalue weighted by Gasteiger charge is 2.70. The third kappa shape index (κ3) is 1.73. The molecule has 1 aliphatic rings. The van der Waals surface area contributed by atoms with Gasteiger partial charge >= 0.3 is 0 Å². The average Bonchev–Trinajstić information content (AvgIpc) is 2.46. The summed E-state index contributed by atoms with van der Waals surface area (Å²) in [6, 6.07) is 9.67. The third-order valence-electron chi connectivity index (χ3n) is 5.46. The van der Waals surface area contributed by atoms with Gasteiger partial charge in [0.1, 0.15) is 5.52 Å². The van der Waals surface area contributed by atoms with Gasteiger partial charge < -0.3 is 4.52 Å². The second-order valence-corrected chi connectivity index (χ2v) is 10.6. The Balaban J connectivity index is 2.09. The summed E-state index contributed by atoms with van der Waals surface area (Å²) in [6.07, 6.45) is 1.74.